The Morgan fingerprint density at radius 1 is 1.36 bits per heavy atom. The SMILES string of the molecule is COCCN1CC(C(=O)NCc2ccc(C)c(C)c2)CC1=O. The first-order valence-electron chi connectivity index (χ1n) is 7.62. The molecule has 1 N–H and O–H groups in total. The van der Waals surface area contributed by atoms with Crippen molar-refractivity contribution in [2.24, 2.45) is 5.92 Å². The second kappa shape index (κ2) is 7.40. The normalized spacial score (nSPS) is 17.9. The summed E-state index contributed by atoms with van der Waals surface area (Å²) in [5.41, 5.74) is 3.54. The van der Waals surface area contributed by atoms with E-state index in [1.807, 2.05) is 6.07 Å². The van der Waals surface area contributed by atoms with Gasteiger partial charge in [-0.3, -0.25) is 9.59 Å². The third-order valence-corrected chi connectivity index (χ3v) is 4.19. The quantitative estimate of drug-likeness (QED) is 0.864. The average molecular weight is 304 g/mol. The summed E-state index contributed by atoms with van der Waals surface area (Å²) < 4.78 is 4.98. The highest BCUT2D eigenvalue weighted by Gasteiger charge is 2.33. The zero-order valence-corrected chi connectivity index (χ0v) is 13.5. The Kier molecular flexibility index (Phi) is 5.55. The van der Waals surface area contributed by atoms with Crippen molar-refractivity contribution in [3.8, 4) is 0 Å². The number of likely N-dealkylation sites (tertiary alicyclic amines) is 1. The van der Waals surface area contributed by atoms with Gasteiger partial charge in [-0.2, -0.15) is 0 Å². The monoisotopic (exact) mass is 304 g/mol. The van der Waals surface area contributed by atoms with E-state index in [-0.39, 0.29) is 17.7 Å². The first-order chi connectivity index (χ1) is 10.5. The maximum Gasteiger partial charge on any atom is 0.225 e. The lowest BCUT2D eigenvalue weighted by molar-refractivity contribution is -0.129. The lowest BCUT2D eigenvalue weighted by atomic mass is 10.1. The standard InChI is InChI=1S/C17H24N2O3/c1-12-4-5-14(8-13(12)2)10-18-17(21)15-9-16(20)19(11-15)6-7-22-3/h4-5,8,15H,6-7,9-11H2,1-3H3,(H,18,21). The minimum atomic E-state index is -0.254. The van der Waals surface area contributed by atoms with E-state index in [2.05, 4.69) is 31.3 Å². The molecule has 1 aromatic rings. The van der Waals surface area contributed by atoms with Crippen LogP contribution in [0, 0.1) is 19.8 Å². The third kappa shape index (κ3) is 4.07. The third-order valence-electron chi connectivity index (χ3n) is 4.19. The molecule has 120 valence electrons. The Bertz CT molecular complexity index is 557. The van der Waals surface area contributed by atoms with Gasteiger partial charge in [-0.25, -0.2) is 0 Å². The molecule has 0 radical (unpaired) electrons. The molecule has 0 aliphatic carbocycles. The van der Waals surface area contributed by atoms with Crippen LogP contribution < -0.4 is 5.32 Å². The van der Waals surface area contributed by atoms with E-state index in [9.17, 15) is 9.59 Å². The van der Waals surface area contributed by atoms with Crippen molar-refractivity contribution in [3.05, 3.63) is 34.9 Å². The molecule has 1 aromatic carbocycles. The molecule has 1 atom stereocenters. The fourth-order valence-electron chi connectivity index (χ4n) is 2.61. The molecular formula is C17H24N2O3. The molecule has 0 aromatic heterocycles. The molecule has 5 heteroatoms. The van der Waals surface area contributed by atoms with Crippen LogP contribution in [-0.4, -0.2) is 43.5 Å². The number of carbonyl (C=O) groups excluding carboxylic acids is 2. The molecule has 2 rings (SSSR count). The average Bonchev–Trinajstić information content (AvgIpc) is 2.87. The van der Waals surface area contributed by atoms with Crippen LogP contribution in [0.25, 0.3) is 0 Å². The minimum Gasteiger partial charge on any atom is -0.383 e. The number of nitrogens with one attached hydrogen (secondary N) is 1. The molecule has 5 nitrogen and oxygen atoms in total. The summed E-state index contributed by atoms with van der Waals surface area (Å²) in [4.78, 5) is 25.8. The molecule has 2 amide bonds. The van der Waals surface area contributed by atoms with Crippen LogP contribution in [0.2, 0.25) is 0 Å². The number of amides is 2. The predicted molar refractivity (Wildman–Crippen MR) is 84.3 cm³/mol. The van der Waals surface area contributed by atoms with Gasteiger partial charge in [0.1, 0.15) is 0 Å². The molecule has 22 heavy (non-hydrogen) atoms. The van der Waals surface area contributed by atoms with Crippen molar-refractivity contribution in [1.82, 2.24) is 10.2 Å². The van der Waals surface area contributed by atoms with E-state index in [1.165, 1.54) is 11.1 Å². The number of carbonyl (C=O) groups is 2. The van der Waals surface area contributed by atoms with Gasteiger partial charge >= 0.3 is 0 Å². The molecule has 0 bridgehead atoms. The van der Waals surface area contributed by atoms with Crippen LogP contribution in [0.3, 0.4) is 0 Å². The summed E-state index contributed by atoms with van der Waals surface area (Å²) in [7, 11) is 1.61. The van der Waals surface area contributed by atoms with E-state index >= 15 is 0 Å². The highest BCUT2D eigenvalue weighted by molar-refractivity contribution is 5.89. The van der Waals surface area contributed by atoms with Gasteiger partial charge in [-0.1, -0.05) is 18.2 Å². The highest BCUT2D eigenvalue weighted by atomic mass is 16.5. The Balaban J connectivity index is 1.85. The van der Waals surface area contributed by atoms with Gasteiger partial charge in [-0.15, -0.1) is 0 Å². The van der Waals surface area contributed by atoms with Gasteiger partial charge in [0, 0.05) is 33.2 Å². The number of hydrogen-bond acceptors (Lipinski definition) is 3. The van der Waals surface area contributed by atoms with E-state index in [0.29, 0.717) is 32.7 Å². The molecule has 1 aliphatic heterocycles. The molecule has 1 unspecified atom stereocenters. The first kappa shape index (κ1) is 16.5. The second-order valence-electron chi connectivity index (χ2n) is 5.87. The smallest absolute Gasteiger partial charge is 0.225 e. The zero-order valence-electron chi connectivity index (χ0n) is 13.5. The zero-order chi connectivity index (χ0) is 16.1. The molecule has 1 aliphatic rings. The van der Waals surface area contributed by atoms with Crippen molar-refractivity contribution in [2.45, 2.75) is 26.8 Å². The molecule has 1 heterocycles. The highest BCUT2D eigenvalue weighted by Crippen LogP contribution is 2.18. The van der Waals surface area contributed by atoms with Crippen LogP contribution in [-0.2, 0) is 20.9 Å². The van der Waals surface area contributed by atoms with Gasteiger partial charge in [-0.05, 0) is 30.5 Å². The maximum atomic E-state index is 12.2. The van der Waals surface area contributed by atoms with Crippen molar-refractivity contribution in [3.63, 3.8) is 0 Å². The summed E-state index contributed by atoms with van der Waals surface area (Å²) in [6.45, 7) is 6.17. The van der Waals surface area contributed by atoms with Gasteiger partial charge in [0.15, 0.2) is 0 Å². The summed E-state index contributed by atoms with van der Waals surface area (Å²) in [5.74, 6) is -0.272. The number of aryl methyl sites for hydroxylation is 2. The lowest BCUT2D eigenvalue weighted by Gasteiger charge is -2.16. The Labute approximate surface area is 131 Å². The minimum absolute atomic E-state index is 0.0309. The van der Waals surface area contributed by atoms with E-state index in [4.69, 9.17) is 4.74 Å². The predicted octanol–water partition coefficient (Wildman–Crippen LogP) is 1.41. The number of rotatable bonds is 6. The number of hydrogen-bond donors (Lipinski definition) is 1. The van der Waals surface area contributed by atoms with Crippen LogP contribution in [0.1, 0.15) is 23.1 Å². The Morgan fingerprint density at radius 2 is 2.14 bits per heavy atom. The lowest BCUT2D eigenvalue weighted by Crippen LogP contribution is -2.33. The van der Waals surface area contributed by atoms with Crippen LogP contribution in [0.4, 0.5) is 0 Å². The van der Waals surface area contributed by atoms with Crippen LogP contribution >= 0.6 is 0 Å². The Morgan fingerprint density at radius 3 is 2.82 bits per heavy atom. The Hall–Kier alpha value is -1.88. The van der Waals surface area contributed by atoms with Crippen molar-refractivity contribution < 1.29 is 14.3 Å². The number of ether oxygens (including phenoxy) is 1. The number of benzene rings is 1. The van der Waals surface area contributed by atoms with Gasteiger partial charge in [0.2, 0.25) is 11.8 Å². The van der Waals surface area contributed by atoms with E-state index in [1.54, 1.807) is 12.0 Å². The molecule has 0 saturated carbocycles. The van der Waals surface area contributed by atoms with Gasteiger partial charge in [0.25, 0.3) is 0 Å². The molecule has 1 fully saturated rings. The summed E-state index contributed by atoms with van der Waals surface area (Å²) in [6, 6.07) is 6.16. The topological polar surface area (TPSA) is 58.6 Å². The van der Waals surface area contributed by atoms with E-state index < -0.39 is 0 Å². The summed E-state index contributed by atoms with van der Waals surface area (Å²) in [6.07, 6.45) is 0.294. The molecule has 1 saturated heterocycles. The van der Waals surface area contributed by atoms with Crippen LogP contribution in [0.15, 0.2) is 18.2 Å². The first-order valence-corrected chi connectivity index (χ1v) is 7.62. The molecular weight excluding hydrogens is 280 g/mol. The number of nitrogens with zero attached hydrogens (tertiary/aromatic N) is 1. The fourth-order valence-corrected chi connectivity index (χ4v) is 2.61. The number of methoxy groups -OCH3 is 1. The second-order valence-corrected chi connectivity index (χ2v) is 5.87. The summed E-state index contributed by atoms with van der Waals surface area (Å²) in [5, 5.41) is 2.94. The molecule has 0 spiro atoms. The van der Waals surface area contributed by atoms with Crippen molar-refractivity contribution in [1.29, 1.82) is 0 Å². The van der Waals surface area contributed by atoms with E-state index in [0.717, 1.165) is 5.56 Å². The van der Waals surface area contributed by atoms with Gasteiger partial charge in [0.05, 0.1) is 12.5 Å². The largest absolute Gasteiger partial charge is 0.383 e. The maximum absolute atomic E-state index is 12.2. The van der Waals surface area contributed by atoms with Gasteiger partial charge < -0.3 is 15.0 Å². The van der Waals surface area contributed by atoms with Crippen LogP contribution in [0.5, 0.6) is 0 Å². The van der Waals surface area contributed by atoms with Crippen molar-refractivity contribution >= 4 is 11.8 Å². The summed E-state index contributed by atoms with van der Waals surface area (Å²) >= 11 is 0. The fraction of sp³-hybridized carbons (Fsp3) is 0.529. The van der Waals surface area contributed by atoms with Crippen molar-refractivity contribution in [2.75, 3.05) is 26.8 Å².